The third-order valence-electron chi connectivity index (χ3n) is 5.80. The second kappa shape index (κ2) is 7.39. The Morgan fingerprint density at radius 1 is 1.31 bits per heavy atom. The summed E-state index contributed by atoms with van der Waals surface area (Å²) in [5.41, 5.74) is 3.57. The lowest BCUT2D eigenvalue weighted by atomic mass is 9.96. The molecule has 0 spiro atoms. The van der Waals surface area contributed by atoms with Crippen molar-refractivity contribution in [2.45, 2.75) is 52.2 Å². The molecule has 29 heavy (non-hydrogen) atoms. The van der Waals surface area contributed by atoms with Crippen molar-refractivity contribution in [1.82, 2.24) is 25.4 Å². The molecule has 1 aromatic carbocycles. The van der Waals surface area contributed by atoms with Crippen molar-refractivity contribution in [2.24, 2.45) is 0 Å². The largest absolute Gasteiger partial charge is 0.508 e. The first-order valence-electron chi connectivity index (χ1n) is 10.1. The molecule has 6 nitrogen and oxygen atoms in total. The number of halogens is 1. The first kappa shape index (κ1) is 19.8. The first-order valence-corrected chi connectivity index (χ1v) is 10.1. The quantitative estimate of drug-likeness (QED) is 0.625. The summed E-state index contributed by atoms with van der Waals surface area (Å²) in [6.45, 7) is 11.2. The molecular weight excluding hydrogens is 369 g/mol. The molecule has 0 radical (unpaired) electrons. The highest BCUT2D eigenvalue weighted by Crippen LogP contribution is 2.31. The van der Waals surface area contributed by atoms with Crippen molar-refractivity contribution in [3.63, 3.8) is 0 Å². The van der Waals surface area contributed by atoms with Gasteiger partial charge in [-0.05, 0) is 51.0 Å². The lowest BCUT2D eigenvalue weighted by Crippen LogP contribution is -2.61. The van der Waals surface area contributed by atoms with Gasteiger partial charge in [0.15, 0.2) is 5.65 Å². The van der Waals surface area contributed by atoms with E-state index in [1.807, 2.05) is 13.0 Å². The van der Waals surface area contributed by atoms with Crippen LogP contribution in [0.3, 0.4) is 0 Å². The van der Waals surface area contributed by atoms with Gasteiger partial charge >= 0.3 is 0 Å². The summed E-state index contributed by atoms with van der Waals surface area (Å²) in [6, 6.07) is 6.56. The van der Waals surface area contributed by atoms with Crippen molar-refractivity contribution in [3.8, 4) is 17.0 Å². The molecule has 3 heterocycles. The number of aryl methyl sites for hydroxylation is 1. The number of aromatic nitrogens is 3. The Labute approximate surface area is 170 Å². The van der Waals surface area contributed by atoms with Gasteiger partial charge in [-0.15, -0.1) is 0 Å². The Bertz CT molecular complexity index is 1050. The van der Waals surface area contributed by atoms with Gasteiger partial charge in [0.1, 0.15) is 11.6 Å². The van der Waals surface area contributed by atoms with Crippen LogP contribution in [0.1, 0.15) is 38.4 Å². The van der Waals surface area contributed by atoms with Gasteiger partial charge in [0.25, 0.3) is 0 Å². The minimum absolute atomic E-state index is 0.0369. The molecule has 3 N–H and O–H groups in total. The number of nitrogens with one attached hydrogen (secondary N) is 2. The monoisotopic (exact) mass is 397 g/mol. The highest BCUT2D eigenvalue weighted by atomic mass is 19.1. The molecule has 1 aliphatic heterocycles. The number of nitrogens with zero attached hydrogens (tertiary/aromatic N) is 3. The number of H-pyrrole nitrogens is 1. The molecule has 4 rings (SSSR count). The minimum Gasteiger partial charge on any atom is -0.508 e. The average molecular weight is 397 g/mol. The maximum Gasteiger partial charge on any atom is 0.156 e. The molecule has 1 aliphatic rings. The standard InChI is InChI=1S/C22H28FN5O/c1-5-15-10-24-22(3,4)12-28(15)11-14-8-19(17-7-6-16(29)9-18(17)23)25-21-20(14)13(2)26-27-21/h6-9,15,24,29H,5,10-12H2,1-4H3,(H,25,26,27). The summed E-state index contributed by atoms with van der Waals surface area (Å²) in [4.78, 5) is 7.10. The van der Waals surface area contributed by atoms with Crippen LogP contribution in [0.15, 0.2) is 24.3 Å². The molecule has 2 aromatic heterocycles. The zero-order valence-electron chi connectivity index (χ0n) is 17.4. The van der Waals surface area contributed by atoms with E-state index in [9.17, 15) is 9.50 Å². The second-order valence-electron chi connectivity index (χ2n) is 8.60. The molecule has 1 saturated heterocycles. The van der Waals surface area contributed by atoms with Crippen molar-refractivity contribution in [1.29, 1.82) is 0 Å². The zero-order valence-corrected chi connectivity index (χ0v) is 17.4. The maximum absolute atomic E-state index is 14.5. The Kier molecular flexibility index (Phi) is 5.04. The van der Waals surface area contributed by atoms with Gasteiger partial charge in [-0.3, -0.25) is 10.00 Å². The lowest BCUT2D eigenvalue weighted by Gasteiger charge is -2.44. The van der Waals surface area contributed by atoms with Crippen LogP contribution in [0, 0.1) is 12.7 Å². The van der Waals surface area contributed by atoms with Crippen molar-refractivity contribution in [3.05, 3.63) is 41.3 Å². The number of benzene rings is 1. The van der Waals surface area contributed by atoms with Gasteiger partial charge in [0.2, 0.25) is 0 Å². The number of fused-ring (bicyclic) bond motifs is 1. The molecule has 0 amide bonds. The molecule has 0 bridgehead atoms. The summed E-state index contributed by atoms with van der Waals surface area (Å²) in [6.07, 6.45) is 1.06. The average Bonchev–Trinajstić information content (AvgIpc) is 3.02. The van der Waals surface area contributed by atoms with E-state index in [2.05, 4.69) is 46.2 Å². The topological polar surface area (TPSA) is 77.1 Å². The van der Waals surface area contributed by atoms with Crippen LogP contribution >= 0.6 is 0 Å². The van der Waals surface area contributed by atoms with E-state index < -0.39 is 5.82 Å². The van der Waals surface area contributed by atoms with Gasteiger partial charge in [-0.1, -0.05) is 6.92 Å². The number of hydrogen-bond acceptors (Lipinski definition) is 5. The number of phenols is 1. The van der Waals surface area contributed by atoms with E-state index in [4.69, 9.17) is 0 Å². The summed E-state index contributed by atoms with van der Waals surface area (Å²) >= 11 is 0. The number of phenolic OH excluding ortho intramolecular Hbond substituents is 1. The smallest absolute Gasteiger partial charge is 0.156 e. The highest BCUT2D eigenvalue weighted by Gasteiger charge is 2.32. The van der Waals surface area contributed by atoms with Crippen LogP contribution in [-0.4, -0.2) is 49.9 Å². The van der Waals surface area contributed by atoms with Crippen LogP contribution in [-0.2, 0) is 6.54 Å². The van der Waals surface area contributed by atoms with E-state index in [1.165, 1.54) is 6.07 Å². The fourth-order valence-corrected chi connectivity index (χ4v) is 4.27. The molecule has 1 fully saturated rings. The Hall–Kier alpha value is -2.51. The molecule has 7 heteroatoms. The Balaban J connectivity index is 1.79. The Morgan fingerprint density at radius 2 is 2.10 bits per heavy atom. The predicted molar refractivity (Wildman–Crippen MR) is 112 cm³/mol. The maximum atomic E-state index is 14.5. The van der Waals surface area contributed by atoms with Crippen molar-refractivity contribution < 1.29 is 9.50 Å². The fraction of sp³-hybridized carbons (Fsp3) is 0.455. The van der Waals surface area contributed by atoms with Gasteiger partial charge in [0.05, 0.1) is 11.4 Å². The summed E-state index contributed by atoms with van der Waals surface area (Å²) in [5, 5.41) is 21.5. The summed E-state index contributed by atoms with van der Waals surface area (Å²) in [7, 11) is 0. The lowest BCUT2D eigenvalue weighted by molar-refractivity contribution is 0.0862. The van der Waals surface area contributed by atoms with E-state index in [-0.39, 0.29) is 11.3 Å². The van der Waals surface area contributed by atoms with Crippen LogP contribution in [0.2, 0.25) is 0 Å². The van der Waals surface area contributed by atoms with Crippen LogP contribution < -0.4 is 5.32 Å². The fourth-order valence-electron chi connectivity index (χ4n) is 4.27. The molecule has 1 unspecified atom stereocenters. The van der Waals surface area contributed by atoms with Crippen LogP contribution in [0.4, 0.5) is 4.39 Å². The van der Waals surface area contributed by atoms with Gasteiger partial charge < -0.3 is 10.4 Å². The zero-order chi connectivity index (χ0) is 20.8. The number of aromatic amines is 1. The number of rotatable bonds is 4. The highest BCUT2D eigenvalue weighted by molar-refractivity contribution is 5.84. The van der Waals surface area contributed by atoms with Crippen LogP contribution in [0.25, 0.3) is 22.3 Å². The van der Waals surface area contributed by atoms with E-state index in [1.54, 1.807) is 6.07 Å². The molecule has 0 saturated carbocycles. The number of hydrogen-bond donors (Lipinski definition) is 3. The van der Waals surface area contributed by atoms with E-state index in [0.29, 0.717) is 22.9 Å². The number of pyridine rings is 1. The first-order chi connectivity index (χ1) is 13.8. The Morgan fingerprint density at radius 3 is 2.83 bits per heavy atom. The normalized spacial score (nSPS) is 19.7. The summed E-state index contributed by atoms with van der Waals surface area (Å²) < 4.78 is 14.5. The third-order valence-corrected chi connectivity index (χ3v) is 5.80. The van der Waals surface area contributed by atoms with Gasteiger partial charge in [0, 0.05) is 48.2 Å². The third kappa shape index (κ3) is 3.84. The van der Waals surface area contributed by atoms with Gasteiger partial charge in [-0.2, -0.15) is 5.10 Å². The van der Waals surface area contributed by atoms with E-state index >= 15 is 0 Å². The molecular formula is C22H28FN5O. The molecule has 0 aliphatic carbocycles. The summed E-state index contributed by atoms with van der Waals surface area (Å²) in [5.74, 6) is -0.590. The SMILES string of the molecule is CCC1CNC(C)(C)CN1Cc1cc(-c2ccc(O)cc2F)nc2[nH]nc(C)c12. The minimum atomic E-state index is -0.492. The van der Waals surface area contributed by atoms with E-state index in [0.717, 1.165) is 48.8 Å². The van der Waals surface area contributed by atoms with Crippen LogP contribution in [0.5, 0.6) is 5.75 Å². The van der Waals surface area contributed by atoms with Crippen molar-refractivity contribution in [2.75, 3.05) is 13.1 Å². The van der Waals surface area contributed by atoms with Crippen molar-refractivity contribution >= 4 is 11.0 Å². The molecule has 154 valence electrons. The second-order valence-corrected chi connectivity index (χ2v) is 8.60. The molecule has 3 aromatic rings. The number of piperazine rings is 1. The predicted octanol–water partition coefficient (Wildman–Crippen LogP) is 3.74. The van der Waals surface area contributed by atoms with Gasteiger partial charge in [-0.25, -0.2) is 9.37 Å². The molecule has 1 atom stereocenters. The number of aromatic hydroxyl groups is 1.